The van der Waals surface area contributed by atoms with Crippen molar-refractivity contribution in [3.8, 4) is 17.1 Å². The van der Waals surface area contributed by atoms with Crippen LogP contribution in [0.15, 0.2) is 30.6 Å². The molecule has 4 heterocycles. The molecule has 1 N–H and O–H groups in total. The third kappa shape index (κ3) is 4.64. The summed E-state index contributed by atoms with van der Waals surface area (Å²) in [5.41, 5.74) is 2.84. The number of nitrogens with one attached hydrogen (secondary N) is 1. The lowest BCUT2D eigenvalue weighted by Crippen LogP contribution is -2.44. The van der Waals surface area contributed by atoms with E-state index in [0.29, 0.717) is 11.1 Å². The van der Waals surface area contributed by atoms with E-state index in [1.165, 1.54) is 0 Å². The molecule has 1 saturated heterocycles. The standard InChI is InChI=1S/C21H28N6OS/c1-14(2)28-20-12-17-18(13-23-20)24-25-21(17)16-5-6-22-19(11-16)26-7-9-27(10-8-26)29-15(3)4/h5-6,11-15H,7-10H2,1-4H3,(H,24,25). The van der Waals surface area contributed by atoms with Gasteiger partial charge in [-0.3, -0.25) is 5.10 Å². The molecule has 0 amide bonds. The largest absolute Gasteiger partial charge is 0.475 e. The van der Waals surface area contributed by atoms with Crippen LogP contribution in [0, 0.1) is 0 Å². The van der Waals surface area contributed by atoms with Gasteiger partial charge in [-0.15, -0.1) is 0 Å². The van der Waals surface area contributed by atoms with Gasteiger partial charge in [-0.25, -0.2) is 14.3 Å². The molecule has 0 atom stereocenters. The number of hydrogen-bond acceptors (Lipinski definition) is 7. The van der Waals surface area contributed by atoms with E-state index in [0.717, 1.165) is 54.2 Å². The van der Waals surface area contributed by atoms with Crippen LogP contribution in [0.2, 0.25) is 0 Å². The smallest absolute Gasteiger partial charge is 0.214 e. The van der Waals surface area contributed by atoms with Gasteiger partial charge in [0.15, 0.2) is 0 Å². The normalized spacial score (nSPS) is 15.6. The van der Waals surface area contributed by atoms with Crippen molar-refractivity contribution in [3.05, 3.63) is 30.6 Å². The second-order valence-corrected chi connectivity index (χ2v) is 9.45. The van der Waals surface area contributed by atoms with Gasteiger partial charge in [0, 0.05) is 54.6 Å². The minimum atomic E-state index is 0.0790. The fraction of sp³-hybridized carbons (Fsp3) is 0.476. The highest BCUT2D eigenvalue weighted by atomic mass is 32.2. The number of aromatic amines is 1. The van der Waals surface area contributed by atoms with Gasteiger partial charge in [-0.1, -0.05) is 25.8 Å². The Morgan fingerprint density at radius 3 is 2.59 bits per heavy atom. The minimum absolute atomic E-state index is 0.0790. The van der Waals surface area contributed by atoms with Crippen LogP contribution in [-0.2, 0) is 0 Å². The van der Waals surface area contributed by atoms with E-state index in [9.17, 15) is 0 Å². The van der Waals surface area contributed by atoms with E-state index in [2.05, 4.69) is 49.3 Å². The van der Waals surface area contributed by atoms with Crippen LogP contribution in [0.3, 0.4) is 0 Å². The number of rotatable bonds is 6. The first-order valence-electron chi connectivity index (χ1n) is 10.1. The van der Waals surface area contributed by atoms with Crippen LogP contribution in [0.5, 0.6) is 5.88 Å². The molecule has 7 nitrogen and oxygen atoms in total. The summed E-state index contributed by atoms with van der Waals surface area (Å²) in [5, 5.41) is 9.24. The SMILES string of the molecule is CC(C)Oc1cc2c(-c3ccnc(N4CCN(SC(C)C)CC4)c3)n[nH]c2cn1. The molecule has 0 saturated carbocycles. The van der Waals surface area contributed by atoms with Crippen molar-refractivity contribution in [1.29, 1.82) is 0 Å². The van der Waals surface area contributed by atoms with Crippen LogP contribution < -0.4 is 9.64 Å². The van der Waals surface area contributed by atoms with Crippen molar-refractivity contribution in [3.63, 3.8) is 0 Å². The van der Waals surface area contributed by atoms with Gasteiger partial charge < -0.3 is 9.64 Å². The Kier molecular flexibility index (Phi) is 5.91. The average Bonchev–Trinajstić information content (AvgIpc) is 3.11. The van der Waals surface area contributed by atoms with Crippen molar-refractivity contribution in [1.82, 2.24) is 24.5 Å². The number of nitrogens with zero attached hydrogens (tertiary/aromatic N) is 5. The van der Waals surface area contributed by atoms with E-state index >= 15 is 0 Å². The number of H-pyrrole nitrogens is 1. The lowest BCUT2D eigenvalue weighted by molar-refractivity contribution is 0.233. The molecule has 0 spiro atoms. The Labute approximate surface area is 176 Å². The van der Waals surface area contributed by atoms with Crippen molar-refractivity contribution >= 4 is 28.7 Å². The van der Waals surface area contributed by atoms with Gasteiger partial charge in [0.05, 0.1) is 17.8 Å². The minimum Gasteiger partial charge on any atom is -0.475 e. The Balaban J connectivity index is 1.56. The molecule has 1 aliphatic heterocycles. The summed E-state index contributed by atoms with van der Waals surface area (Å²) < 4.78 is 8.21. The molecular formula is C21H28N6OS. The molecule has 3 aromatic rings. The van der Waals surface area contributed by atoms with Crippen LogP contribution in [0.25, 0.3) is 22.2 Å². The number of ether oxygens (including phenoxy) is 1. The van der Waals surface area contributed by atoms with Gasteiger partial charge in [-0.2, -0.15) is 5.10 Å². The van der Waals surface area contributed by atoms with Gasteiger partial charge in [0.1, 0.15) is 11.5 Å². The number of pyridine rings is 2. The molecule has 0 aliphatic carbocycles. The average molecular weight is 413 g/mol. The van der Waals surface area contributed by atoms with E-state index < -0.39 is 0 Å². The zero-order chi connectivity index (χ0) is 20.4. The maximum atomic E-state index is 5.76. The Morgan fingerprint density at radius 1 is 1.07 bits per heavy atom. The molecule has 0 unspecified atom stereocenters. The van der Waals surface area contributed by atoms with Crippen LogP contribution >= 0.6 is 11.9 Å². The first-order chi connectivity index (χ1) is 14.0. The van der Waals surface area contributed by atoms with Crippen molar-refractivity contribution in [2.75, 3.05) is 31.1 Å². The molecule has 4 rings (SSSR count). The Morgan fingerprint density at radius 2 is 1.86 bits per heavy atom. The number of aromatic nitrogens is 4. The van der Waals surface area contributed by atoms with Gasteiger partial charge in [-0.05, 0) is 26.0 Å². The van der Waals surface area contributed by atoms with Crippen molar-refractivity contribution in [2.45, 2.75) is 39.0 Å². The lowest BCUT2D eigenvalue weighted by Gasteiger charge is -2.35. The predicted molar refractivity (Wildman–Crippen MR) is 119 cm³/mol. The van der Waals surface area contributed by atoms with Crippen molar-refractivity contribution in [2.24, 2.45) is 0 Å². The zero-order valence-corrected chi connectivity index (χ0v) is 18.2. The summed E-state index contributed by atoms with van der Waals surface area (Å²) >= 11 is 1.93. The second-order valence-electron chi connectivity index (χ2n) is 7.78. The number of piperazine rings is 1. The quantitative estimate of drug-likeness (QED) is 0.614. The predicted octanol–water partition coefficient (Wildman–Crippen LogP) is 3.99. The molecule has 1 fully saturated rings. The lowest BCUT2D eigenvalue weighted by atomic mass is 10.1. The molecule has 29 heavy (non-hydrogen) atoms. The molecule has 8 heteroatoms. The molecule has 1 aliphatic rings. The highest BCUT2D eigenvalue weighted by Crippen LogP contribution is 2.30. The maximum Gasteiger partial charge on any atom is 0.214 e. The molecule has 154 valence electrons. The molecule has 0 bridgehead atoms. The first-order valence-corrected chi connectivity index (χ1v) is 11.0. The first kappa shape index (κ1) is 20.0. The van der Waals surface area contributed by atoms with E-state index in [1.807, 2.05) is 44.1 Å². The van der Waals surface area contributed by atoms with Crippen LogP contribution in [-0.4, -0.2) is 62.0 Å². The summed E-state index contributed by atoms with van der Waals surface area (Å²) in [7, 11) is 0. The summed E-state index contributed by atoms with van der Waals surface area (Å²) in [6.07, 6.45) is 3.72. The van der Waals surface area contributed by atoms with Gasteiger partial charge in [0.2, 0.25) is 5.88 Å². The van der Waals surface area contributed by atoms with Gasteiger partial charge >= 0.3 is 0 Å². The van der Waals surface area contributed by atoms with E-state index in [-0.39, 0.29) is 6.10 Å². The van der Waals surface area contributed by atoms with Crippen LogP contribution in [0.4, 0.5) is 5.82 Å². The molecule has 0 radical (unpaired) electrons. The van der Waals surface area contributed by atoms with E-state index in [4.69, 9.17) is 4.74 Å². The fourth-order valence-corrected chi connectivity index (χ4v) is 4.45. The Bertz CT molecular complexity index is 965. The highest BCUT2D eigenvalue weighted by Gasteiger charge is 2.20. The summed E-state index contributed by atoms with van der Waals surface area (Å²) in [6.45, 7) is 12.5. The molecular weight excluding hydrogens is 384 g/mol. The summed E-state index contributed by atoms with van der Waals surface area (Å²) in [6, 6.07) is 6.09. The number of fused-ring (bicyclic) bond motifs is 1. The monoisotopic (exact) mass is 412 g/mol. The van der Waals surface area contributed by atoms with Crippen molar-refractivity contribution < 1.29 is 4.74 Å². The third-order valence-corrected chi connectivity index (χ3v) is 5.80. The molecule has 0 aromatic carbocycles. The van der Waals surface area contributed by atoms with Gasteiger partial charge in [0.25, 0.3) is 0 Å². The molecule has 3 aromatic heterocycles. The van der Waals surface area contributed by atoms with Crippen LogP contribution in [0.1, 0.15) is 27.7 Å². The summed E-state index contributed by atoms with van der Waals surface area (Å²) in [5.74, 6) is 1.61. The zero-order valence-electron chi connectivity index (χ0n) is 17.4. The number of hydrogen-bond donors (Lipinski definition) is 1. The van der Waals surface area contributed by atoms with E-state index in [1.54, 1.807) is 6.20 Å². The second kappa shape index (κ2) is 8.59. The highest BCUT2D eigenvalue weighted by molar-refractivity contribution is 7.97. The number of anilines is 1. The Hall–Kier alpha value is -2.32. The summed E-state index contributed by atoms with van der Waals surface area (Å²) in [4.78, 5) is 11.3. The maximum absolute atomic E-state index is 5.76. The fourth-order valence-electron chi connectivity index (χ4n) is 3.48. The third-order valence-electron chi connectivity index (χ3n) is 4.72. The topological polar surface area (TPSA) is 70.2 Å².